The summed E-state index contributed by atoms with van der Waals surface area (Å²) in [6.07, 6.45) is 4.59. The van der Waals surface area contributed by atoms with Crippen molar-refractivity contribution in [2.75, 3.05) is 12.0 Å². The lowest BCUT2D eigenvalue weighted by atomic mass is 9.99. The van der Waals surface area contributed by atoms with Crippen LogP contribution in [0.25, 0.3) is 0 Å². The number of halogens is 1. The van der Waals surface area contributed by atoms with Crippen molar-refractivity contribution in [1.82, 2.24) is 5.32 Å². The zero-order valence-corrected chi connectivity index (χ0v) is 13.0. The van der Waals surface area contributed by atoms with Gasteiger partial charge in [-0.05, 0) is 30.5 Å². The van der Waals surface area contributed by atoms with Crippen molar-refractivity contribution < 1.29 is 4.79 Å². The molecule has 0 aliphatic carbocycles. The fraction of sp³-hybridized carbons (Fsp3) is 0.533. The number of carbonyl (C=O) groups excluding carboxylic acids is 1. The van der Waals surface area contributed by atoms with Crippen LogP contribution in [0.3, 0.4) is 0 Å². The molecule has 5 heteroatoms. The van der Waals surface area contributed by atoms with E-state index >= 15 is 0 Å². The Labute approximate surface area is 126 Å². The van der Waals surface area contributed by atoms with Crippen molar-refractivity contribution >= 4 is 23.2 Å². The zero-order chi connectivity index (χ0) is 15.0. The first kappa shape index (κ1) is 16.8. The van der Waals surface area contributed by atoms with Crippen molar-refractivity contribution in [3.05, 3.63) is 28.8 Å². The van der Waals surface area contributed by atoms with Crippen molar-refractivity contribution in [3.63, 3.8) is 0 Å². The highest BCUT2D eigenvalue weighted by Gasteiger charge is 2.13. The van der Waals surface area contributed by atoms with E-state index in [1.54, 1.807) is 18.2 Å². The van der Waals surface area contributed by atoms with Crippen LogP contribution in [0.2, 0.25) is 5.02 Å². The maximum atomic E-state index is 12.2. The van der Waals surface area contributed by atoms with Crippen molar-refractivity contribution in [1.29, 1.82) is 0 Å². The number of hydrogen-bond acceptors (Lipinski definition) is 3. The van der Waals surface area contributed by atoms with Gasteiger partial charge in [-0.15, -0.1) is 0 Å². The maximum absolute atomic E-state index is 12.2. The van der Waals surface area contributed by atoms with Gasteiger partial charge in [0.2, 0.25) is 0 Å². The Kier molecular flexibility index (Phi) is 7.41. The molecule has 1 atom stereocenters. The molecule has 0 bridgehead atoms. The fourth-order valence-corrected chi connectivity index (χ4v) is 2.28. The molecule has 4 nitrogen and oxygen atoms in total. The van der Waals surface area contributed by atoms with Gasteiger partial charge in [0.25, 0.3) is 5.91 Å². The van der Waals surface area contributed by atoms with E-state index in [1.165, 1.54) is 12.8 Å². The number of unbranched alkanes of at least 4 members (excludes halogenated alkanes) is 1. The second-order valence-corrected chi connectivity index (χ2v) is 5.40. The minimum Gasteiger partial charge on any atom is -0.352 e. The molecule has 112 valence electrons. The standard InChI is InChI=1S/C15H24ClN3O/c1-3-5-6-11(4-2)10-18-15(20)13-9-12(16)7-8-14(13)19-17/h7-9,11,19H,3-6,10,17H2,1-2H3,(H,18,20). The minimum absolute atomic E-state index is 0.143. The molecule has 0 fully saturated rings. The molecule has 1 amide bonds. The van der Waals surface area contributed by atoms with Gasteiger partial charge in [-0.2, -0.15) is 0 Å². The molecule has 1 unspecified atom stereocenters. The number of rotatable bonds is 8. The number of amides is 1. The van der Waals surface area contributed by atoms with Crippen LogP contribution in [-0.4, -0.2) is 12.5 Å². The molecule has 0 saturated carbocycles. The van der Waals surface area contributed by atoms with Crippen LogP contribution in [0, 0.1) is 5.92 Å². The van der Waals surface area contributed by atoms with Crippen molar-refractivity contribution in [2.45, 2.75) is 39.5 Å². The predicted octanol–water partition coefficient (Wildman–Crippen LogP) is 3.57. The molecular formula is C15H24ClN3O. The van der Waals surface area contributed by atoms with Gasteiger partial charge in [0, 0.05) is 11.6 Å². The van der Waals surface area contributed by atoms with E-state index in [0.29, 0.717) is 28.7 Å². The number of benzene rings is 1. The van der Waals surface area contributed by atoms with Gasteiger partial charge in [-0.1, -0.05) is 44.7 Å². The van der Waals surface area contributed by atoms with Crippen LogP contribution < -0.4 is 16.6 Å². The van der Waals surface area contributed by atoms with Gasteiger partial charge < -0.3 is 10.7 Å². The minimum atomic E-state index is -0.143. The Morgan fingerprint density at radius 1 is 1.40 bits per heavy atom. The highest BCUT2D eigenvalue weighted by atomic mass is 35.5. The van der Waals surface area contributed by atoms with Crippen LogP contribution >= 0.6 is 11.6 Å². The maximum Gasteiger partial charge on any atom is 0.253 e. The lowest BCUT2D eigenvalue weighted by Crippen LogP contribution is -2.30. The fourth-order valence-electron chi connectivity index (χ4n) is 2.11. The Hall–Kier alpha value is -1.26. The van der Waals surface area contributed by atoms with Crippen LogP contribution in [0.4, 0.5) is 5.69 Å². The summed E-state index contributed by atoms with van der Waals surface area (Å²) in [5, 5.41) is 3.49. The lowest BCUT2D eigenvalue weighted by molar-refractivity contribution is 0.0946. The molecule has 1 aromatic rings. The van der Waals surface area contributed by atoms with E-state index in [1.807, 2.05) is 0 Å². The first-order valence-corrected chi connectivity index (χ1v) is 7.54. The lowest BCUT2D eigenvalue weighted by Gasteiger charge is -2.16. The SMILES string of the molecule is CCCCC(CC)CNC(=O)c1cc(Cl)ccc1NN. The van der Waals surface area contributed by atoms with E-state index in [2.05, 4.69) is 24.6 Å². The van der Waals surface area contributed by atoms with Crippen LogP contribution in [0.15, 0.2) is 18.2 Å². The molecule has 0 radical (unpaired) electrons. The number of hydrogen-bond donors (Lipinski definition) is 3. The second kappa shape index (κ2) is 8.82. The summed E-state index contributed by atoms with van der Waals surface area (Å²) in [5.74, 6) is 5.79. The number of hydrazine groups is 1. The summed E-state index contributed by atoms with van der Waals surface area (Å²) in [4.78, 5) is 12.2. The number of nitrogens with one attached hydrogen (secondary N) is 2. The first-order valence-electron chi connectivity index (χ1n) is 7.16. The van der Waals surface area contributed by atoms with E-state index in [-0.39, 0.29) is 5.91 Å². The largest absolute Gasteiger partial charge is 0.352 e. The summed E-state index contributed by atoms with van der Waals surface area (Å²) in [6.45, 7) is 5.01. The summed E-state index contributed by atoms with van der Waals surface area (Å²) in [6, 6.07) is 5.02. The summed E-state index contributed by atoms with van der Waals surface area (Å²) < 4.78 is 0. The van der Waals surface area contributed by atoms with Crippen LogP contribution in [0.1, 0.15) is 49.9 Å². The Morgan fingerprint density at radius 3 is 2.75 bits per heavy atom. The molecule has 0 spiro atoms. The molecule has 0 heterocycles. The normalized spacial score (nSPS) is 12.0. The predicted molar refractivity (Wildman–Crippen MR) is 84.9 cm³/mol. The van der Waals surface area contributed by atoms with Gasteiger partial charge in [0.15, 0.2) is 0 Å². The smallest absolute Gasteiger partial charge is 0.253 e. The average Bonchev–Trinajstić information content (AvgIpc) is 2.47. The Morgan fingerprint density at radius 2 is 2.15 bits per heavy atom. The molecule has 1 rings (SSSR count). The van der Waals surface area contributed by atoms with E-state index in [4.69, 9.17) is 17.4 Å². The van der Waals surface area contributed by atoms with Gasteiger partial charge in [0.1, 0.15) is 0 Å². The molecule has 0 aliphatic rings. The molecule has 0 aromatic heterocycles. The highest BCUT2D eigenvalue weighted by molar-refractivity contribution is 6.31. The second-order valence-electron chi connectivity index (χ2n) is 4.96. The topological polar surface area (TPSA) is 67.2 Å². The highest BCUT2D eigenvalue weighted by Crippen LogP contribution is 2.20. The molecular weight excluding hydrogens is 274 g/mol. The third kappa shape index (κ3) is 5.02. The third-order valence-corrected chi connectivity index (χ3v) is 3.71. The number of carbonyl (C=O) groups is 1. The van der Waals surface area contributed by atoms with Gasteiger partial charge in [-0.25, -0.2) is 0 Å². The quantitative estimate of drug-likeness (QED) is 0.507. The van der Waals surface area contributed by atoms with Crippen molar-refractivity contribution in [3.8, 4) is 0 Å². The molecule has 0 saturated heterocycles. The average molecular weight is 298 g/mol. The van der Waals surface area contributed by atoms with E-state index < -0.39 is 0 Å². The molecule has 20 heavy (non-hydrogen) atoms. The number of nitrogens with two attached hydrogens (primary N) is 1. The summed E-state index contributed by atoms with van der Waals surface area (Å²) in [7, 11) is 0. The van der Waals surface area contributed by atoms with Gasteiger partial charge >= 0.3 is 0 Å². The summed E-state index contributed by atoms with van der Waals surface area (Å²) >= 11 is 5.93. The monoisotopic (exact) mass is 297 g/mol. The van der Waals surface area contributed by atoms with Gasteiger partial charge in [0.05, 0.1) is 11.3 Å². The number of anilines is 1. The molecule has 0 aliphatic heterocycles. The van der Waals surface area contributed by atoms with Crippen LogP contribution in [0.5, 0.6) is 0 Å². The van der Waals surface area contributed by atoms with E-state index in [0.717, 1.165) is 12.8 Å². The van der Waals surface area contributed by atoms with E-state index in [9.17, 15) is 4.79 Å². The number of nitrogen functional groups attached to an aromatic ring is 1. The third-order valence-electron chi connectivity index (χ3n) is 3.48. The zero-order valence-electron chi connectivity index (χ0n) is 12.2. The Bertz CT molecular complexity index is 437. The van der Waals surface area contributed by atoms with Gasteiger partial charge in [-0.3, -0.25) is 10.6 Å². The van der Waals surface area contributed by atoms with Crippen LogP contribution in [-0.2, 0) is 0 Å². The summed E-state index contributed by atoms with van der Waals surface area (Å²) in [5.41, 5.74) is 3.57. The first-order chi connectivity index (χ1) is 9.62. The molecule has 1 aromatic carbocycles. The van der Waals surface area contributed by atoms with Crippen molar-refractivity contribution in [2.24, 2.45) is 11.8 Å². The molecule has 4 N–H and O–H groups in total. The Balaban J connectivity index is 2.64.